The molecule has 0 aliphatic heterocycles. The lowest BCUT2D eigenvalue weighted by atomic mass is 10.0. The zero-order valence-corrected chi connectivity index (χ0v) is 21.5. The Balaban J connectivity index is 1.30. The molecule has 184 valence electrons. The van der Waals surface area contributed by atoms with Crippen molar-refractivity contribution in [1.82, 2.24) is 4.57 Å². The quantitative estimate of drug-likeness (QED) is 0.234. The van der Waals surface area contributed by atoms with E-state index in [-0.39, 0.29) is 0 Å². The summed E-state index contributed by atoms with van der Waals surface area (Å²) in [6.45, 7) is 0. The molecule has 7 aromatic rings. The molecule has 39 heavy (non-hydrogen) atoms. The number of benzene rings is 6. The Morgan fingerprint density at radius 2 is 1.05 bits per heavy atom. The summed E-state index contributed by atoms with van der Waals surface area (Å²) >= 11 is 0. The van der Waals surface area contributed by atoms with E-state index in [1.807, 2.05) is 0 Å². The predicted molar refractivity (Wildman–Crippen MR) is 164 cm³/mol. The topological polar surface area (TPSA) is 8.17 Å². The molecule has 1 aliphatic rings. The van der Waals surface area contributed by atoms with Gasteiger partial charge in [-0.3, -0.25) is 0 Å². The Hall–Kier alpha value is -5.08. The highest BCUT2D eigenvalue weighted by Gasteiger charge is 2.24. The van der Waals surface area contributed by atoms with Gasteiger partial charge in [0.05, 0.1) is 11.0 Å². The summed E-state index contributed by atoms with van der Waals surface area (Å²) in [5.74, 6) is 0. The van der Waals surface area contributed by atoms with Crippen molar-refractivity contribution >= 4 is 38.9 Å². The Kier molecular flexibility index (Phi) is 4.92. The van der Waals surface area contributed by atoms with Crippen LogP contribution in [0.3, 0.4) is 0 Å². The van der Waals surface area contributed by atoms with Gasteiger partial charge in [0, 0.05) is 33.5 Å². The van der Waals surface area contributed by atoms with Crippen LogP contribution in [-0.2, 0) is 6.42 Å². The predicted octanol–water partition coefficient (Wildman–Crippen LogP) is 9.82. The number of hydrogen-bond acceptors (Lipinski definition) is 1. The maximum absolute atomic E-state index is 2.43. The molecule has 2 heteroatoms. The maximum atomic E-state index is 2.43. The minimum Gasteiger partial charge on any atom is -0.310 e. The highest BCUT2D eigenvalue weighted by atomic mass is 15.1. The van der Waals surface area contributed by atoms with Crippen molar-refractivity contribution in [1.29, 1.82) is 0 Å². The standard InChI is InChI=1S/C37H26N2/c1-4-12-28(13-5-1)38(29-14-6-2-7-15-29)31-20-21-32-26(23-31)22-27-24-35-33-18-10-11-19-36(33)39(37(35)25-34(27)32)30-16-8-3-9-17-30/h1-21,23-25H,22H2. The van der Waals surface area contributed by atoms with E-state index in [1.54, 1.807) is 0 Å². The van der Waals surface area contributed by atoms with Crippen LogP contribution in [0.2, 0.25) is 0 Å². The molecule has 0 saturated heterocycles. The molecule has 1 aromatic heterocycles. The van der Waals surface area contributed by atoms with Crippen LogP contribution in [-0.4, -0.2) is 4.57 Å². The third-order valence-corrected chi connectivity index (χ3v) is 7.96. The highest BCUT2D eigenvalue weighted by Crippen LogP contribution is 2.44. The molecule has 0 saturated carbocycles. The van der Waals surface area contributed by atoms with Crippen LogP contribution >= 0.6 is 0 Å². The van der Waals surface area contributed by atoms with Gasteiger partial charge < -0.3 is 9.47 Å². The molecule has 0 fully saturated rings. The molecule has 0 amide bonds. The first-order valence-electron chi connectivity index (χ1n) is 13.5. The first-order chi connectivity index (χ1) is 19.3. The van der Waals surface area contributed by atoms with Crippen LogP contribution < -0.4 is 4.90 Å². The van der Waals surface area contributed by atoms with E-state index >= 15 is 0 Å². The minimum atomic E-state index is 0.941. The Morgan fingerprint density at radius 3 is 1.77 bits per heavy atom. The van der Waals surface area contributed by atoms with Gasteiger partial charge in [0.1, 0.15) is 0 Å². The fourth-order valence-electron chi connectivity index (χ4n) is 6.25. The number of anilines is 3. The largest absolute Gasteiger partial charge is 0.310 e. The maximum Gasteiger partial charge on any atom is 0.0547 e. The molecule has 0 spiro atoms. The third-order valence-electron chi connectivity index (χ3n) is 7.96. The van der Waals surface area contributed by atoms with Gasteiger partial charge >= 0.3 is 0 Å². The van der Waals surface area contributed by atoms with Crippen LogP contribution in [0.5, 0.6) is 0 Å². The summed E-state index contributed by atoms with van der Waals surface area (Å²) in [5.41, 5.74) is 12.7. The molecule has 2 nitrogen and oxygen atoms in total. The van der Waals surface area contributed by atoms with E-state index in [0.29, 0.717) is 0 Å². The molecule has 0 unspecified atom stereocenters. The molecule has 0 radical (unpaired) electrons. The zero-order chi connectivity index (χ0) is 25.8. The number of aromatic nitrogens is 1. The summed E-state index contributed by atoms with van der Waals surface area (Å²) < 4.78 is 2.41. The molecule has 1 heterocycles. The number of nitrogens with zero attached hydrogens (tertiary/aromatic N) is 2. The number of para-hydroxylation sites is 4. The summed E-state index contributed by atoms with van der Waals surface area (Å²) in [5, 5.41) is 2.62. The van der Waals surface area contributed by atoms with Gasteiger partial charge in [-0.2, -0.15) is 0 Å². The average Bonchev–Trinajstić information content (AvgIpc) is 3.52. The van der Waals surface area contributed by atoms with E-state index in [9.17, 15) is 0 Å². The van der Waals surface area contributed by atoms with E-state index < -0.39 is 0 Å². The summed E-state index contributed by atoms with van der Waals surface area (Å²) in [7, 11) is 0. The Bertz CT molecular complexity index is 1930. The Labute approximate surface area is 228 Å². The van der Waals surface area contributed by atoms with Crippen LogP contribution in [0.15, 0.2) is 146 Å². The van der Waals surface area contributed by atoms with Crippen molar-refractivity contribution in [2.45, 2.75) is 6.42 Å². The van der Waals surface area contributed by atoms with Crippen molar-refractivity contribution in [3.05, 3.63) is 157 Å². The Morgan fingerprint density at radius 1 is 0.436 bits per heavy atom. The van der Waals surface area contributed by atoms with Crippen molar-refractivity contribution in [3.8, 4) is 16.8 Å². The van der Waals surface area contributed by atoms with Gasteiger partial charge in [-0.1, -0.05) is 78.9 Å². The fraction of sp³-hybridized carbons (Fsp3) is 0.0270. The van der Waals surface area contributed by atoms with Gasteiger partial charge in [0.2, 0.25) is 0 Å². The van der Waals surface area contributed by atoms with Gasteiger partial charge in [-0.15, -0.1) is 0 Å². The fourth-order valence-corrected chi connectivity index (χ4v) is 6.25. The van der Waals surface area contributed by atoms with Gasteiger partial charge in [0.25, 0.3) is 0 Å². The van der Waals surface area contributed by atoms with Crippen molar-refractivity contribution in [2.75, 3.05) is 4.90 Å². The zero-order valence-electron chi connectivity index (χ0n) is 21.5. The second-order valence-electron chi connectivity index (χ2n) is 10.2. The molecule has 1 aliphatic carbocycles. The normalized spacial score (nSPS) is 12.0. The highest BCUT2D eigenvalue weighted by molar-refractivity contribution is 6.11. The molecular formula is C37H26N2. The van der Waals surface area contributed by atoms with E-state index in [1.165, 1.54) is 55.4 Å². The molecule has 0 atom stereocenters. The van der Waals surface area contributed by atoms with E-state index in [2.05, 4.69) is 155 Å². The van der Waals surface area contributed by atoms with Crippen molar-refractivity contribution < 1.29 is 0 Å². The third kappa shape index (κ3) is 3.49. The lowest BCUT2D eigenvalue weighted by molar-refractivity contribution is 1.18. The molecular weight excluding hydrogens is 472 g/mol. The van der Waals surface area contributed by atoms with Crippen molar-refractivity contribution in [2.24, 2.45) is 0 Å². The van der Waals surface area contributed by atoms with Gasteiger partial charge in [-0.05, 0) is 95.4 Å². The monoisotopic (exact) mass is 498 g/mol. The van der Waals surface area contributed by atoms with Gasteiger partial charge in [0.15, 0.2) is 0 Å². The van der Waals surface area contributed by atoms with E-state index in [4.69, 9.17) is 0 Å². The van der Waals surface area contributed by atoms with Gasteiger partial charge in [-0.25, -0.2) is 0 Å². The van der Waals surface area contributed by atoms with Crippen LogP contribution in [0, 0.1) is 0 Å². The minimum absolute atomic E-state index is 0.941. The number of fused-ring (bicyclic) bond motifs is 6. The second kappa shape index (κ2) is 8.75. The SMILES string of the molecule is c1ccc(N(c2ccccc2)c2ccc3c(c2)Cc2cc4c5ccccc5n(-c5ccccc5)c4cc2-3)cc1. The first kappa shape index (κ1) is 22.0. The number of rotatable bonds is 4. The van der Waals surface area contributed by atoms with Crippen molar-refractivity contribution in [3.63, 3.8) is 0 Å². The molecule has 8 rings (SSSR count). The number of hydrogen-bond donors (Lipinski definition) is 0. The average molecular weight is 499 g/mol. The summed E-state index contributed by atoms with van der Waals surface area (Å²) in [4.78, 5) is 2.34. The second-order valence-corrected chi connectivity index (χ2v) is 10.2. The van der Waals surface area contributed by atoms with E-state index in [0.717, 1.165) is 17.8 Å². The smallest absolute Gasteiger partial charge is 0.0547 e. The molecule has 0 bridgehead atoms. The lowest BCUT2D eigenvalue weighted by Gasteiger charge is -2.26. The lowest BCUT2D eigenvalue weighted by Crippen LogP contribution is -2.09. The molecule has 0 N–H and O–H groups in total. The first-order valence-corrected chi connectivity index (χ1v) is 13.5. The summed E-state index contributed by atoms with van der Waals surface area (Å²) in [6.07, 6.45) is 0.941. The van der Waals surface area contributed by atoms with Crippen LogP contribution in [0.4, 0.5) is 17.1 Å². The summed E-state index contributed by atoms with van der Waals surface area (Å²) in [6, 6.07) is 52.5. The van der Waals surface area contributed by atoms with Crippen LogP contribution in [0.1, 0.15) is 11.1 Å². The van der Waals surface area contributed by atoms with Crippen LogP contribution in [0.25, 0.3) is 38.6 Å². The molecule has 6 aromatic carbocycles.